The highest BCUT2D eigenvalue weighted by molar-refractivity contribution is 7.99. The van der Waals surface area contributed by atoms with Gasteiger partial charge in [0.25, 0.3) is 0 Å². The minimum Gasteiger partial charge on any atom is -0.399 e. The smallest absolute Gasteiger partial charge is 0.0743 e. The topological polar surface area (TPSA) is 50.9 Å². The van der Waals surface area contributed by atoms with Gasteiger partial charge in [-0.15, -0.1) is 0 Å². The monoisotopic (exact) mass is 287 g/mol. The number of anilines is 2. The van der Waals surface area contributed by atoms with Crippen molar-refractivity contribution < 1.29 is 0 Å². The predicted octanol–water partition coefficient (Wildman–Crippen LogP) is 3.90. The largest absolute Gasteiger partial charge is 0.399 e. The van der Waals surface area contributed by atoms with Gasteiger partial charge < -0.3 is 11.1 Å². The van der Waals surface area contributed by atoms with E-state index in [1.165, 1.54) is 31.4 Å². The Balaban J connectivity index is 1.90. The number of nitrogen functional groups attached to an aromatic ring is 1. The number of pyridine rings is 1. The molecule has 3 rings (SSSR count). The van der Waals surface area contributed by atoms with E-state index in [4.69, 9.17) is 5.73 Å². The molecule has 2 unspecified atom stereocenters. The fourth-order valence-corrected chi connectivity index (χ4v) is 3.97. The molecule has 0 spiro atoms. The first kappa shape index (κ1) is 13.6. The van der Waals surface area contributed by atoms with Gasteiger partial charge in [-0.05, 0) is 43.4 Å². The van der Waals surface area contributed by atoms with E-state index in [0.717, 1.165) is 16.6 Å². The third-order valence-corrected chi connectivity index (χ3v) is 5.28. The lowest BCUT2D eigenvalue weighted by Gasteiger charge is -2.32. The Morgan fingerprint density at radius 3 is 2.95 bits per heavy atom. The minimum absolute atomic E-state index is 0.557. The van der Waals surface area contributed by atoms with E-state index in [-0.39, 0.29) is 0 Å². The molecule has 2 aromatic rings. The van der Waals surface area contributed by atoms with Gasteiger partial charge in [-0.1, -0.05) is 12.8 Å². The Hall–Kier alpha value is -1.42. The molecule has 1 aliphatic rings. The number of nitrogens with one attached hydrogen (secondary N) is 1. The summed E-state index contributed by atoms with van der Waals surface area (Å²) in [4.78, 5) is 4.41. The number of fused-ring (bicyclic) bond motifs is 1. The van der Waals surface area contributed by atoms with Gasteiger partial charge in [0.2, 0.25) is 0 Å². The summed E-state index contributed by atoms with van der Waals surface area (Å²) in [5, 5.41) is 5.61. The highest BCUT2D eigenvalue weighted by Crippen LogP contribution is 2.31. The molecule has 1 fully saturated rings. The van der Waals surface area contributed by atoms with E-state index >= 15 is 0 Å². The minimum atomic E-state index is 0.557. The molecule has 3 nitrogen and oxygen atoms in total. The fourth-order valence-electron chi connectivity index (χ4n) is 3.03. The maximum absolute atomic E-state index is 5.84. The van der Waals surface area contributed by atoms with Gasteiger partial charge in [0, 0.05) is 34.2 Å². The third kappa shape index (κ3) is 2.70. The molecule has 1 aromatic heterocycles. The van der Waals surface area contributed by atoms with Crippen molar-refractivity contribution in [3.63, 3.8) is 0 Å². The van der Waals surface area contributed by atoms with E-state index < -0.39 is 0 Å². The van der Waals surface area contributed by atoms with Crippen LogP contribution in [-0.2, 0) is 0 Å². The molecule has 2 atom stereocenters. The Morgan fingerprint density at radius 1 is 1.25 bits per heavy atom. The number of thioether (sulfide) groups is 1. The Morgan fingerprint density at radius 2 is 2.10 bits per heavy atom. The maximum Gasteiger partial charge on any atom is 0.0743 e. The molecule has 1 heterocycles. The van der Waals surface area contributed by atoms with Crippen molar-refractivity contribution in [2.75, 3.05) is 17.3 Å². The molecule has 1 aromatic carbocycles. The van der Waals surface area contributed by atoms with Crippen molar-refractivity contribution in [2.45, 2.75) is 37.0 Å². The lowest BCUT2D eigenvalue weighted by molar-refractivity contribution is 0.475. The maximum atomic E-state index is 5.84. The number of hydrogen-bond acceptors (Lipinski definition) is 4. The van der Waals surface area contributed by atoms with Crippen LogP contribution in [0.15, 0.2) is 30.5 Å². The normalized spacial score (nSPS) is 22.9. The molecule has 106 valence electrons. The molecule has 1 saturated carbocycles. The second-order valence-corrected chi connectivity index (χ2v) is 6.52. The van der Waals surface area contributed by atoms with E-state index in [1.54, 1.807) is 0 Å². The second-order valence-electron chi connectivity index (χ2n) is 5.44. The first-order valence-electron chi connectivity index (χ1n) is 7.21. The van der Waals surface area contributed by atoms with Crippen LogP contribution in [0, 0.1) is 0 Å². The molecule has 4 heteroatoms. The molecule has 0 aliphatic heterocycles. The Labute approximate surface area is 124 Å². The van der Waals surface area contributed by atoms with Gasteiger partial charge in [0.05, 0.1) is 5.52 Å². The number of benzene rings is 1. The molecular formula is C16H21N3S. The standard InChI is InChI=1S/C16H21N3S/c1-20-16-5-3-2-4-14(16)19-13-8-9-18-15-10-11(17)6-7-12(13)15/h6-10,14,16H,2-5,17H2,1H3,(H,18,19). The summed E-state index contributed by atoms with van der Waals surface area (Å²) in [6.07, 6.45) is 9.33. The first-order chi connectivity index (χ1) is 9.78. The average Bonchev–Trinajstić information content (AvgIpc) is 2.47. The zero-order chi connectivity index (χ0) is 13.9. The van der Waals surface area contributed by atoms with Crippen LogP contribution in [0.4, 0.5) is 11.4 Å². The van der Waals surface area contributed by atoms with Crippen LogP contribution in [0.2, 0.25) is 0 Å². The van der Waals surface area contributed by atoms with E-state index in [0.29, 0.717) is 11.3 Å². The van der Waals surface area contributed by atoms with Gasteiger partial charge in [-0.2, -0.15) is 11.8 Å². The van der Waals surface area contributed by atoms with E-state index in [9.17, 15) is 0 Å². The van der Waals surface area contributed by atoms with Crippen LogP contribution in [0.1, 0.15) is 25.7 Å². The number of nitrogens with two attached hydrogens (primary N) is 1. The Bertz CT molecular complexity index is 599. The molecular weight excluding hydrogens is 266 g/mol. The van der Waals surface area contributed by atoms with Crippen molar-refractivity contribution in [3.8, 4) is 0 Å². The second kappa shape index (κ2) is 5.92. The van der Waals surface area contributed by atoms with Crippen LogP contribution in [0.3, 0.4) is 0 Å². The van der Waals surface area contributed by atoms with Crippen LogP contribution >= 0.6 is 11.8 Å². The zero-order valence-corrected chi connectivity index (χ0v) is 12.6. The van der Waals surface area contributed by atoms with Gasteiger partial charge in [-0.3, -0.25) is 4.98 Å². The highest BCUT2D eigenvalue weighted by Gasteiger charge is 2.24. The number of nitrogens with zero attached hydrogens (tertiary/aromatic N) is 1. The summed E-state index contributed by atoms with van der Waals surface area (Å²) in [5.41, 5.74) is 8.75. The van der Waals surface area contributed by atoms with Crippen molar-refractivity contribution in [2.24, 2.45) is 0 Å². The molecule has 1 aliphatic carbocycles. The molecule has 0 amide bonds. The summed E-state index contributed by atoms with van der Waals surface area (Å²) >= 11 is 1.98. The predicted molar refractivity (Wildman–Crippen MR) is 89.3 cm³/mol. The van der Waals surface area contributed by atoms with Crippen molar-refractivity contribution in [1.82, 2.24) is 4.98 Å². The number of aromatic nitrogens is 1. The lowest BCUT2D eigenvalue weighted by Crippen LogP contribution is -2.34. The molecule has 20 heavy (non-hydrogen) atoms. The number of hydrogen-bond donors (Lipinski definition) is 2. The van der Waals surface area contributed by atoms with Crippen LogP contribution < -0.4 is 11.1 Å². The quantitative estimate of drug-likeness (QED) is 0.841. The molecule has 0 saturated heterocycles. The summed E-state index contributed by atoms with van der Waals surface area (Å²) in [6.45, 7) is 0. The molecule has 0 radical (unpaired) electrons. The van der Waals surface area contributed by atoms with Crippen LogP contribution in [0.5, 0.6) is 0 Å². The van der Waals surface area contributed by atoms with Gasteiger partial charge >= 0.3 is 0 Å². The summed E-state index contributed by atoms with van der Waals surface area (Å²) < 4.78 is 0. The zero-order valence-electron chi connectivity index (χ0n) is 11.8. The fraction of sp³-hybridized carbons (Fsp3) is 0.438. The van der Waals surface area contributed by atoms with Crippen LogP contribution in [0.25, 0.3) is 10.9 Å². The summed E-state index contributed by atoms with van der Waals surface area (Å²) in [5.74, 6) is 0. The lowest BCUT2D eigenvalue weighted by atomic mass is 9.94. The van der Waals surface area contributed by atoms with E-state index in [1.807, 2.05) is 30.1 Å². The molecule has 0 bridgehead atoms. The van der Waals surface area contributed by atoms with Gasteiger partial charge in [0.1, 0.15) is 0 Å². The van der Waals surface area contributed by atoms with E-state index in [2.05, 4.69) is 28.7 Å². The summed E-state index contributed by atoms with van der Waals surface area (Å²) in [6, 6.07) is 8.58. The first-order valence-corrected chi connectivity index (χ1v) is 8.50. The van der Waals surface area contributed by atoms with Crippen molar-refractivity contribution in [3.05, 3.63) is 30.5 Å². The highest BCUT2D eigenvalue weighted by atomic mass is 32.2. The SMILES string of the molecule is CSC1CCCCC1Nc1ccnc2cc(N)ccc12. The third-order valence-electron chi connectivity index (χ3n) is 4.11. The summed E-state index contributed by atoms with van der Waals surface area (Å²) in [7, 11) is 0. The molecule has 3 N–H and O–H groups in total. The van der Waals surface area contributed by atoms with Crippen LogP contribution in [-0.4, -0.2) is 22.5 Å². The van der Waals surface area contributed by atoms with Crippen molar-refractivity contribution in [1.29, 1.82) is 0 Å². The van der Waals surface area contributed by atoms with Crippen molar-refractivity contribution >= 4 is 34.0 Å². The van der Waals surface area contributed by atoms with Gasteiger partial charge in [-0.25, -0.2) is 0 Å². The van der Waals surface area contributed by atoms with Gasteiger partial charge in [0.15, 0.2) is 0 Å². The number of rotatable bonds is 3. The Kier molecular flexibility index (Phi) is 4.01. The average molecular weight is 287 g/mol.